The minimum absolute atomic E-state index is 0.545. The largest absolute Gasteiger partial charge is 0.314 e. The first-order valence-corrected chi connectivity index (χ1v) is 5.69. The van der Waals surface area contributed by atoms with Gasteiger partial charge in [-0.2, -0.15) is 4.51 Å². The highest BCUT2D eigenvalue weighted by Gasteiger charge is 1.54. The Hall–Kier alpha value is 0.400. The summed E-state index contributed by atoms with van der Waals surface area (Å²) in [5.41, 5.74) is 0. The van der Waals surface area contributed by atoms with Crippen LogP contribution < -0.4 is 0 Å². The van der Waals surface area contributed by atoms with Crippen molar-refractivity contribution in [1.82, 2.24) is 18.0 Å². The van der Waals surface area contributed by atoms with Gasteiger partial charge >= 0.3 is 0 Å². The highest BCUT2D eigenvalue weighted by atomic mass is 31.1. The molecule has 0 radical (unpaired) electrons. The Morgan fingerprint density at radius 3 is 3.25 bits per heavy atom. The molecule has 3 atom stereocenters. The predicted octanol–water partition coefficient (Wildman–Crippen LogP) is 1.99. The van der Waals surface area contributed by atoms with E-state index in [1.54, 1.807) is 0 Å². The van der Waals surface area contributed by atoms with Crippen LogP contribution in [0.4, 0.5) is 0 Å². The molecule has 46 valence electrons. The molecule has 8 heavy (non-hydrogen) atoms. The van der Waals surface area contributed by atoms with Crippen LogP contribution in [-0.4, -0.2) is 18.0 Å². The van der Waals surface area contributed by atoms with E-state index in [0.29, 0.717) is 25.5 Å². The number of aromatic nitrogens is 4. The second-order valence-electron chi connectivity index (χ2n) is 0.924. The summed E-state index contributed by atoms with van der Waals surface area (Å²) in [6, 6.07) is 0. The summed E-state index contributed by atoms with van der Waals surface area (Å²) in [5.74, 6) is 0. The third-order valence-electron chi connectivity index (χ3n) is 0.449. The molecule has 1 heterocycles. The van der Waals surface area contributed by atoms with Crippen LogP contribution in [0.25, 0.3) is 0 Å². The molecule has 0 fully saturated rings. The Kier molecular flexibility index (Phi) is 3.50. The standard InChI is InChI=1S/H6N4P4/c1-5-2-7-4-8-3-6-1/h1-2,5-7H,(H,3,4). The molecule has 0 saturated carbocycles. The summed E-state index contributed by atoms with van der Waals surface area (Å²) >= 11 is 0. The van der Waals surface area contributed by atoms with Crippen LogP contribution >= 0.6 is 34.0 Å². The summed E-state index contributed by atoms with van der Waals surface area (Å²) < 4.78 is 13.5. The van der Waals surface area contributed by atoms with E-state index in [4.69, 9.17) is 0 Å². The van der Waals surface area contributed by atoms with Gasteiger partial charge in [0.15, 0.2) is 0 Å². The van der Waals surface area contributed by atoms with Gasteiger partial charge in [-0.1, -0.05) is 0 Å². The highest BCUT2D eigenvalue weighted by Crippen LogP contribution is 2.01. The first-order valence-electron chi connectivity index (χ1n) is 1.90. The SMILES string of the molecule is n1p[nH][pH][nH][pH][nH][pH]1. The molecule has 0 aliphatic heterocycles. The van der Waals surface area contributed by atoms with Crippen molar-refractivity contribution in [3.8, 4) is 0 Å². The Labute approximate surface area is 52.8 Å². The van der Waals surface area contributed by atoms with Gasteiger partial charge in [0.2, 0.25) is 0 Å². The first-order chi connectivity index (χ1) is 4.00. The lowest BCUT2D eigenvalue weighted by atomic mass is 13.9. The average Bonchev–Trinajstić information content (AvgIpc) is 1.62. The van der Waals surface area contributed by atoms with E-state index < -0.39 is 0 Å². The predicted molar refractivity (Wildman–Crippen MR) is 43.6 cm³/mol. The summed E-state index contributed by atoms with van der Waals surface area (Å²) in [5, 5.41) is 0. The number of hydrogen-bond acceptors (Lipinski definition) is 1. The van der Waals surface area contributed by atoms with E-state index in [2.05, 4.69) is 18.0 Å². The highest BCUT2D eigenvalue weighted by molar-refractivity contribution is 7.43. The molecular formula is H6N4P4. The second-order valence-corrected chi connectivity index (χ2v) is 5.54. The van der Waals surface area contributed by atoms with Gasteiger partial charge in [-0.15, -0.1) is 0 Å². The van der Waals surface area contributed by atoms with Gasteiger partial charge in [0.25, 0.3) is 0 Å². The van der Waals surface area contributed by atoms with Crippen LogP contribution in [0.15, 0.2) is 0 Å². The van der Waals surface area contributed by atoms with Gasteiger partial charge in [-0.3, -0.25) is 0 Å². The lowest BCUT2D eigenvalue weighted by Gasteiger charge is -1.76. The maximum atomic E-state index is 4.08. The van der Waals surface area contributed by atoms with Gasteiger partial charge < -0.3 is 13.5 Å². The lowest BCUT2D eigenvalue weighted by Crippen LogP contribution is -1.47. The fraction of sp³-hybridized carbons (Fsp3) is 0. The Balaban J connectivity index is 3.00. The summed E-state index contributed by atoms with van der Waals surface area (Å²) in [7, 11) is 2.83. The number of H-pyrrole nitrogens is 3. The van der Waals surface area contributed by atoms with Crippen LogP contribution in [-0.2, 0) is 0 Å². The third-order valence-corrected chi connectivity index (χ3v) is 4.04. The van der Waals surface area contributed by atoms with Crippen molar-refractivity contribution < 1.29 is 0 Å². The molecule has 8 heteroatoms. The molecule has 0 spiro atoms. The maximum Gasteiger partial charge on any atom is 0.138 e. The minimum atomic E-state index is 0.545. The Morgan fingerprint density at radius 1 is 1.25 bits per heavy atom. The number of hydrogen-bond donors (Lipinski definition) is 3. The topological polar surface area (TPSA) is 60.3 Å². The number of rotatable bonds is 0. The summed E-state index contributed by atoms with van der Waals surface area (Å²) in [4.78, 5) is 0. The lowest BCUT2D eigenvalue weighted by molar-refractivity contribution is 1.69. The van der Waals surface area contributed by atoms with Gasteiger partial charge in [0.1, 0.15) is 8.51 Å². The monoisotopic (exact) mass is 186 g/mol. The fourth-order valence-electron chi connectivity index (χ4n) is 0.218. The van der Waals surface area contributed by atoms with Gasteiger partial charge in [0, 0.05) is 25.5 Å². The van der Waals surface area contributed by atoms with Crippen molar-refractivity contribution in [3.63, 3.8) is 0 Å². The summed E-state index contributed by atoms with van der Waals surface area (Å²) in [6.07, 6.45) is 0. The molecule has 1 aromatic rings. The van der Waals surface area contributed by atoms with Gasteiger partial charge in [0.05, 0.1) is 0 Å². The molecular weight excluding hydrogens is 180 g/mol. The number of nitrogens with one attached hydrogen (secondary N) is 3. The molecule has 0 bridgehead atoms. The maximum absolute atomic E-state index is 4.08. The van der Waals surface area contributed by atoms with Crippen LogP contribution in [0.5, 0.6) is 0 Å². The number of aromatic amines is 3. The molecule has 3 N–H and O–H groups in total. The molecule has 0 aromatic carbocycles. The summed E-state index contributed by atoms with van der Waals surface area (Å²) in [6.45, 7) is 0. The molecule has 4 nitrogen and oxygen atoms in total. The van der Waals surface area contributed by atoms with E-state index >= 15 is 0 Å². The van der Waals surface area contributed by atoms with Crippen molar-refractivity contribution in [1.29, 1.82) is 0 Å². The quantitative estimate of drug-likeness (QED) is 0.569. The normalized spacial score (nSPS) is 12.0. The molecule has 0 saturated heterocycles. The van der Waals surface area contributed by atoms with E-state index in [1.165, 1.54) is 0 Å². The van der Waals surface area contributed by atoms with Crippen LogP contribution in [0.2, 0.25) is 0 Å². The molecule has 0 aliphatic rings. The fourth-order valence-corrected chi connectivity index (χ4v) is 3.93. The zero-order valence-corrected chi connectivity index (χ0v) is 7.79. The first kappa shape index (κ1) is 6.52. The van der Waals surface area contributed by atoms with Crippen LogP contribution in [0.3, 0.4) is 0 Å². The molecule has 0 amide bonds. The molecule has 1 rings (SSSR count). The van der Waals surface area contributed by atoms with E-state index in [1.807, 2.05) is 0 Å². The van der Waals surface area contributed by atoms with Gasteiger partial charge in [-0.25, -0.2) is 0 Å². The van der Waals surface area contributed by atoms with E-state index in [0.717, 1.165) is 8.51 Å². The van der Waals surface area contributed by atoms with E-state index in [-0.39, 0.29) is 0 Å². The van der Waals surface area contributed by atoms with Crippen molar-refractivity contribution >= 4 is 34.0 Å². The zero-order chi connectivity index (χ0) is 5.66. The van der Waals surface area contributed by atoms with E-state index in [9.17, 15) is 0 Å². The van der Waals surface area contributed by atoms with Crippen molar-refractivity contribution in [2.75, 3.05) is 0 Å². The minimum Gasteiger partial charge on any atom is -0.314 e. The van der Waals surface area contributed by atoms with Crippen molar-refractivity contribution in [2.24, 2.45) is 0 Å². The van der Waals surface area contributed by atoms with Gasteiger partial charge in [-0.05, 0) is 0 Å². The second kappa shape index (κ2) is 4.30. The van der Waals surface area contributed by atoms with Crippen molar-refractivity contribution in [2.45, 2.75) is 0 Å². The Bertz CT molecular complexity index is 113. The van der Waals surface area contributed by atoms with Crippen LogP contribution in [0.1, 0.15) is 0 Å². The smallest absolute Gasteiger partial charge is 0.138 e. The van der Waals surface area contributed by atoms with Crippen molar-refractivity contribution in [3.05, 3.63) is 0 Å². The third kappa shape index (κ3) is 2.64. The molecule has 3 unspecified atom stereocenters. The number of nitrogens with zero attached hydrogens (tertiary/aromatic N) is 1. The Morgan fingerprint density at radius 2 is 2.25 bits per heavy atom. The molecule has 0 aliphatic carbocycles. The average molecular weight is 186 g/mol. The molecule has 1 aromatic heterocycles. The van der Waals surface area contributed by atoms with Crippen LogP contribution in [0, 0.1) is 0 Å². The zero-order valence-electron chi connectivity index (χ0n) is 3.89.